The fourth-order valence-electron chi connectivity index (χ4n) is 7.47. The number of benzene rings is 5. The van der Waals surface area contributed by atoms with Crippen LogP contribution in [0.2, 0.25) is 0 Å². The average molecular weight is 663 g/mol. The summed E-state index contributed by atoms with van der Waals surface area (Å²) in [4.78, 5) is 7.33. The highest BCUT2D eigenvalue weighted by Gasteiger charge is 2.29. The summed E-state index contributed by atoms with van der Waals surface area (Å²) in [5.74, 6) is 0. The third-order valence-corrected chi connectivity index (χ3v) is 10.4. The number of fused-ring (bicyclic) bond motifs is 4. The number of allylic oxidation sites excluding steroid dienone is 10. The summed E-state index contributed by atoms with van der Waals surface area (Å²) in [6, 6.07) is 33.9. The van der Waals surface area contributed by atoms with Crippen LogP contribution in [0.4, 0.5) is 0 Å². The van der Waals surface area contributed by atoms with Gasteiger partial charge in [0.2, 0.25) is 0 Å². The summed E-state index contributed by atoms with van der Waals surface area (Å²) in [7, 11) is 0. The van der Waals surface area contributed by atoms with E-state index in [4.69, 9.17) is 4.99 Å². The maximum Gasteiger partial charge on any atom is 0.0658 e. The van der Waals surface area contributed by atoms with E-state index in [2.05, 4.69) is 148 Å². The minimum absolute atomic E-state index is 0.938. The van der Waals surface area contributed by atoms with E-state index < -0.39 is 0 Å². The van der Waals surface area contributed by atoms with Gasteiger partial charge in [-0.15, -0.1) is 0 Å². The molecule has 0 atom stereocenters. The first-order chi connectivity index (χ1) is 24.8. The molecular formula is C49H46N2. The lowest BCUT2D eigenvalue weighted by molar-refractivity contribution is 0.544. The first-order valence-corrected chi connectivity index (χ1v) is 18.1. The fraction of sp³-hybridized carbons (Fsp3) is 0.163. The minimum Gasteiger partial charge on any atom is -0.318 e. The molecule has 2 heteroatoms. The van der Waals surface area contributed by atoms with E-state index in [-0.39, 0.29) is 0 Å². The summed E-state index contributed by atoms with van der Waals surface area (Å²) in [6.45, 7) is 19.0. The maximum atomic E-state index is 4.91. The molecule has 1 aliphatic heterocycles. The smallest absolute Gasteiger partial charge is 0.0658 e. The van der Waals surface area contributed by atoms with Crippen molar-refractivity contribution in [2.45, 2.75) is 53.9 Å². The molecule has 0 aromatic heterocycles. The monoisotopic (exact) mass is 662 g/mol. The highest BCUT2D eigenvalue weighted by molar-refractivity contribution is 6.03. The Kier molecular flexibility index (Phi) is 9.43. The zero-order valence-corrected chi connectivity index (χ0v) is 30.6. The van der Waals surface area contributed by atoms with E-state index in [1.165, 1.54) is 71.9 Å². The molecule has 51 heavy (non-hydrogen) atoms. The number of aliphatic imine (C=N–C) groups is 1. The first kappa shape index (κ1) is 33.8. The van der Waals surface area contributed by atoms with Crippen LogP contribution in [0.25, 0.3) is 55.1 Å². The molecule has 252 valence electrons. The van der Waals surface area contributed by atoms with Gasteiger partial charge < -0.3 is 4.90 Å². The number of hydrogen-bond donors (Lipinski definition) is 0. The van der Waals surface area contributed by atoms with E-state index in [0.29, 0.717) is 0 Å². The van der Waals surface area contributed by atoms with E-state index in [1.54, 1.807) is 0 Å². The van der Waals surface area contributed by atoms with Crippen molar-refractivity contribution < 1.29 is 0 Å². The van der Waals surface area contributed by atoms with Gasteiger partial charge in [-0.2, -0.15) is 0 Å². The Labute approximate surface area is 303 Å². The minimum atomic E-state index is 0.938. The molecule has 5 aromatic rings. The Morgan fingerprint density at radius 2 is 1.35 bits per heavy atom. The third-order valence-electron chi connectivity index (χ3n) is 10.4. The van der Waals surface area contributed by atoms with Crippen molar-refractivity contribution in [1.82, 2.24) is 4.90 Å². The molecule has 0 saturated heterocycles. The van der Waals surface area contributed by atoms with E-state index >= 15 is 0 Å². The molecule has 5 aromatic carbocycles. The van der Waals surface area contributed by atoms with Gasteiger partial charge in [-0.3, -0.25) is 4.99 Å². The van der Waals surface area contributed by atoms with Crippen LogP contribution < -0.4 is 0 Å². The van der Waals surface area contributed by atoms with Crippen LogP contribution in [-0.2, 0) is 0 Å². The van der Waals surface area contributed by atoms with Crippen LogP contribution in [0.5, 0.6) is 0 Å². The second-order valence-electron chi connectivity index (χ2n) is 13.5. The third kappa shape index (κ3) is 6.39. The highest BCUT2D eigenvalue weighted by Crippen LogP contribution is 2.45. The van der Waals surface area contributed by atoms with Crippen LogP contribution in [0.3, 0.4) is 0 Å². The summed E-state index contributed by atoms with van der Waals surface area (Å²) < 4.78 is 0. The van der Waals surface area contributed by atoms with Gasteiger partial charge in [-0.1, -0.05) is 111 Å². The van der Waals surface area contributed by atoms with Gasteiger partial charge in [0.15, 0.2) is 0 Å². The first-order valence-electron chi connectivity index (χ1n) is 18.1. The molecule has 0 amide bonds. The molecular weight excluding hydrogens is 617 g/mol. The largest absolute Gasteiger partial charge is 0.318 e. The van der Waals surface area contributed by atoms with Crippen molar-refractivity contribution in [3.8, 4) is 22.3 Å². The lowest BCUT2D eigenvalue weighted by Crippen LogP contribution is -2.26. The molecule has 0 fully saturated rings. The van der Waals surface area contributed by atoms with Gasteiger partial charge in [-0.05, 0) is 144 Å². The highest BCUT2D eigenvalue weighted by atomic mass is 15.2. The molecule has 0 spiro atoms. The summed E-state index contributed by atoms with van der Waals surface area (Å²) in [6.07, 6.45) is 15.8. The SMILES string of the molecule is C=C/C(C)=C(\C=C/C)N=C(C)c1ccc2cc(-c3ccc4cc(-c5ccc6c(c5)C(=C)N(/C(=C\C)CC)C5=C6C=CCC5)ccc4c3)ccc2c1. The zero-order chi connectivity index (χ0) is 35.6. The van der Waals surface area contributed by atoms with Crippen LogP contribution in [0.15, 0.2) is 168 Å². The van der Waals surface area contributed by atoms with Crippen molar-refractivity contribution in [1.29, 1.82) is 0 Å². The van der Waals surface area contributed by atoms with Crippen LogP contribution >= 0.6 is 0 Å². The lowest BCUT2D eigenvalue weighted by atomic mass is 9.85. The summed E-state index contributed by atoms with van der Waals surface area (Å²) in [5, 5.41) is 4.88. The molecule has 1 heterocycles. The number of nitrogens with zero attached hydrogens (tertiary/aromatic N) is 2. The predicted octanol–water partition coefficient (Wildman–Crippen LogP) is 13.8. The van der Waals surface area contributed by atoms with Crippen molar-refractivity contribution >= 4 is 38.5 Å². The van der Waals surface area contributed by atoms with E-state index in [9.17, 15) is 0 Å². The summed E-state index contributed by atoms with van der Waals surface area (Å²) in [5.41, 5.74) is 16.5. The molecule has 1 aliphatic carbocycles. The topological polar surface area (TPSA) is 15.6 Å². The van der Waals surface area contributed by atoms with Gasteiger partial charge in [0.05, 0.1) is 5.70 Å². The molecule has 0 N–H and O–H groups in total. The number of hydrogen-bond acceptors (Lipinski definition) is 2. The number of rotatable bonds is 8. The van der Waals surface area contributed by atoms with Gasteiger partial charge in [0.25, 0.3) is 0 Å². The Balaban J connectivity index is 1.18. The van der Waals surface area contributed by atoms with Crippen molar-refractivity contribution in [3.05, 3.63) is 180 Å². The average Bonchev–Trinajstić information content (AvgIpc) is 3.17. The predicted molar refractivity (Wildman–Crippen MR) is 222 cm³/mol. The van der Waals surface area contributed by atoms with Crippen LogP contribution in [-0.4, -0.2) is 10.6 Å². The molecule has 0 bridgehead atoms. The molecule has 7 rings (SSSR count). The molecule has 2 aliphatic rings. The molecule has 2 nitrogen and oxygen atoms in total. The summed E-state index contributed by atoms with van der Waals surface area (Å²) >= 11 is 0. The second kappa shape index (κ2) is 14.2. The van der Waals surface area contributed by atoms with Gasteiger partial charge in [0.1, 0.15) is 0 Å². The zero-order valence-electron chi connectivity index (χ0n) is 30.6. The second-order valence-corrected chi connectivity index (χ2v) is 13.5. The van der Waals surface area contributed by atoms with E-state index in [1.807, 2.05) is 32.1 Å². The molecule has 0 unspecified atom stereocenters. The van der Waals surface area contributed by atoms with Gasteiger partial charge >= 0.3 is 0 Å². The standard InChI is InChI=1S/C49H46N2/c1-8-14-48(32(5)9-2)50-33(6)35-17-18-37-28-38(20-19-36(37)27-35)39-21-22-41-30-42(24-23-40(41)29-39)43-25-26-45-46-15-12-13-16-49(46)51(44(10-3)11-4)34(7)47(45)31-43/h8-10,12,14-15,17-31H,2,7,11,13,16H2,1,3-6H3/b14-8-,44-10-,48-32+,50-33?. The Morgan fingerprint density at radius 3 is 1.94 bits per heavy atom. The normalized spacial score (nSPS) is 15.5. The fourth-order valence-corrected chi connectivity index (χ4v) is 7.47. The maximum absolute atomic E-state index is 4.91. The van der Waals surface area contributed by atoms with Crippen molar-refractivity contribution in [2.24, 2.45) is 4.99 Å². The van der Waals surface area contributed by atoms with Crippen LogP contribution in [0, 0.1) is 0 Å². The quantitative estimate of drug-likeness (QED) is 0.119. The van der Waals surface area contributed by atoms with Gasteiger partial charge in [-0.25, -0.2) is 0 Å². The van der Waals surface area contributed by atoms with E-state index in [0.717, 1.165) is 47.5 Å². The Bertz CT molecular complexity index is 2420. The van der Waals surface area contributed by atoms with Crippen molar-refractivity contribution in [2.75, 3.05) is 0 Å². The lowest BCUT2D eigenvalue weighted by Gasteiger charge is -2.39. The van der Waals surface area contributed by atoms with Crippen molar-refractivity contribution in [3.63, 3.8) is 0 Å². The Hall–Kier alpha value is -5.73. The molecule has 0 radical (unpaired) electrons. The molecule has 0 saturated carbocycles. The van der Waals surface area contributed by atoms with Crippen LogP contribution in [0.1, 0.15) is 70.6 Å². The van der Waals surface area contributed by atoms with Gasteiger partial charge in [0, 0.05) is 33.9 Å². The Morgan fingerprint density at radius 1 is 0.765 bits per heavy atom.